The Morgan fingerprint density at radius 1 is 1.41 bits per heavy atom. The predicted molar refractivity (Wildman–Crippen MR) is 64.8 cm³/mol. The maximum absolute atomic E-state index is 12.1. The first-order valence-electron chi connectivity index (χ1n) is 5.82. The minimum Gasteiger partial charge on any atom is -0.294 e. The zero-order chi connectivity index (χ0) is 12.0. The molecule has 0 saturated heterocycles. The van der Waals surface area contributed by atoms with Crippen molar-refractivity contribution in [3.8, 4) is 0 Å². The van der Waals surface area contributed by atoms with E-state index in [0.29, 0.717) is 12.8 Å². The highest BCUT2D eigenvalue weighted by molar-refractivity contribution is 6.04. The van der Waals surface area contributed by atoms with Crippen LogP contribution in [0.2, 0.25) is 0 Å². The van der Waals surface area contributed by atoms with Gasteiger partial charge in [-0.25, -0.2) is 4.98 Å². The molecule has 3 rings (SSSR count). The van der Waals surface area contributed by atoms with Crippen LogP contribution in [-0.4, -0.2) is 27.1 Å². The first-order chi connectivity index (χ1) is 8.18. The molecule has 1 N–H and O–H groups in total. The lowest BCUT2D eigenvalue weighted by molar-refractivity contribution is -0.118. The number of H-pyrrole nitrogens is 1. The van der Waals surface area contributed by atoms with E-state index in [1.165, 1.54) is 0 Å². The van der Waals surface area contributed by atoms with Crippen molar-refractivity contribution in [2.24, 2.45) is 0 Å². The lowest BCUT2D eigenvalue weighted by Gasteiger charge is -2.24. The highest BCUT2D eigenvalue weighted by Gasteiger charge is 2.27. The lowest BCUT2D eigenvalue weighted by Crippen LogP contribution is -2.37. The molecule has 0 spiro atoms. The van der Waals surface area contributed by atoms with Crippen LogP contribution in [0.1, 0.15) is 26.0 Å². The van der Waals surface area contributed by atoms with Gasteiger partial charge in [-0.3, -0.25) is 14.8 Å². The number of anilines is 1. The molecule has 0 unspecified atom stereocenters. The molecule has 5 heteroatoms. The molecule has 88 valence electrons. The third kappa shape index (κ3) is 1.42. The van der Waals surface area contributed by atoms with Gasteiger partial charge in [-0.15, -0.1) is 0 Å². The third-order valence-electron chi connectivity index (χ3n) is 3.12. The van der Waals surface area contributed by atoms with Gasteiger partial charge in [-0.2, -0.15) is 5.10 Å². The van der Waals surface area contributed by atoms with Gasteiger partial charge < -0.3 is 0 Å². The van der Waals surface area contributed by atoms with Crippen LogP contribution in [0.5, 0.6) is 0 Å². The molecule has 3 heterocycles. The Morgan fingerprint density at radius 3 is 3.00 bits per heavy atom. The number of amides is 1. The summed E-state index contributed by atoms with van der Waals surface area (Å²) in [7, 11) is 0. The molecule has 0 radical (unpaired) electrons. The number of nitrogens with zero attached hydrogens (tertiary/aromatic N) is 3. The second-order valence-corrected chi connectivity index (χ2v) is 4.58. The van der Waals surface area contributed by atoms with E-state index in [2.05, 4.69) is 15.2 Å². The fourth-order valence-corrected chi connectivity index (χ4v) is 2.37. The molecular formula is C12H14N4O. The fraction of sp³-hybridized carbons (Fsp3) is 0.417. The average Bonchev–Trinajstić information content (AvgIpc) is 2.63. The van der Waals surface area contributed by atoms with E-state index in [1.807, 2.05) is 19.9 Å². The highest BCUT2D eigenvalue weighted by atomic mass is 16.2. The molecule has 2 aromatic rings. The normalized spacial score (nSPS) is 15.7. The Hall–Kier alpha value is -1.91. The molecule has 0 bridgehead atoms. The second kappa shape index (κ2) is 3.55. The molecule has 5 nitrogen and oxygen atoms in total. The molecule has 0 atom stereocenters. The minimum atomic E-state index is 0.112. The van der Waals surface area contributed by atoms with Crippen molar-refractivity contribution < 1.29 is 4.79 Å². The Balaban J connectivity index is 2.31. The van der Waals surface area contributed by atoms with Crippen molar-refractivity contribution in [2.45, 2.75) is 32.7 Å². The van der Waals surface area contributed by atoms with Crippen LogP contribution in [0.4, 0.5) is 5.82 Å². The van der Waals surface area contributed by atoms with E-state index in [4.69, 9.17) is 0 Å². The number of rotatable bonds is 1. The van der Waals surface area contributed by atoms with Crippen molar-refractivity contribution in [2.75, 3.05) is 4.90 Å². The fourth-order valence-electron chi connectivity index (χ4n) is 2.37. The van der Waals surface area contributed by atoms with Crippen LogP contribution in [0, 0.1) is 0 Å². The van der Waals surface area contributed by atoms with Crippen molar-refractivity contribution in [1.29, 1.82) is 0 Å². The van der Waals surface area contributed by atoms with E-state index in [9.17, 15) is 4.79 Å². The maximum atomic E-state index is 12.1. The summed E-state index contributed by atoms with van der Waals surface area (Å²) in [4.78, 5) is 18.2. The van der Waals surface area contributed by atoms with E-state index < -0.39 is 0 Å². The Bertz CT molecular complexity index is 587. The van der Waals surface area contributed by atoms with Crippen molar-refractivity contribution >= 4 is 22.6 Å². The summed E-state index contributed by atoms with van der Waals surface area (Å²) in [5.74, 6) is 0.863. The van der Waals surface area contributed by atoms with Crippen molar-refractivity contribution in [1.82, 2.24) is 15.2 Å². The molecule has 0 aliphatic carbocycles. The smallest absolute Gasteiger partial charge is 0.228 e. The van der Waals surface area contributed by atoms with Gasteiger partial charge in [0.1, 0.15) is 5.82 Å². The number of carbonyl (C=O) groups excluding carboxylic acids is 1. The molecular weight excluding hydrogens is 216 g/mol. The molecule has 1 aliphatic rings. The summed E-state index contributed by atoms with van der Waals surface area (Å²) < 4.78 is 0. The molecule has 0 aromatic carbocycles. The average molecular weight is 230 g/mol. The quantitative estimate of drug-likeness (QED) is 0.810. The number of aromatic nitrogens is 3. The molecule has 2 aromatic heterocycles. The number of pyridine rings is 1. The standard InChI is InChI=1S/C12H14N4O/c1-7(2)16-10(17)4-3-8-11-9(15-14-8)5-6-13-12(11)16/h5-7H,3-4H2,1-2H3,(H,14,15). The van der Waals surface area contributed by atoms with Crippen LogP contribution in [0.15, 0.2) is 12.3 Å². The number of hydrogen-bond donors (Lipinski definition) is 1. The van der Waals surface area contributed by atoms with Crippen molar-refractivity contribution in [3.63, 3.8) is 0 Å². The molecule has 1 aliphatic heterocycles. The first kappa shape index (κ1) is 10.3. The van der Waals surface area contributed by atoms with E-state index in [0.717, 1.165) is 22.4 Å². The van der Waals surface area contributed by atoms with Crippen LogP contribution < -0.4 is 4.90 Å². The first-order valence-corrected chi connectivity index (χ1v) is 5.82. The van der Waals surface area contributed by atoms with Gasteiger partial charge in [0.15, 0.2) is 0 Å². The molecule has 0 fully saturated rings. The maximum Gasteiger partial charge on any atom is 0.228 e. The van der Waals surface area contributed by atoms with Gasteiger partial charge >= 0.3 is 0 Å². The summed E-state index contributed by atoms with van der Waals surface area (Å²) in [5, 5.41) is 8.26. The Morgan fingerprint density at radius 2 is 2.24 bits per heavy atom. The predicted octanol–water partition coefficient (Wildman–Crippen LogP) is 1.65. The summed E-state index contributed by atoms with van der Waals surface area (Å²) >= 11 is 0. The number of carbonyl (C=O) groups is 1. The van der Waals surface area contributed by atoms with Gasteiger partial charge in [0.2, 0.25) is 5.91 Å². The zero-order valence-electron chi connectivity index (χ0n) is 9.90. The van der Waals surface area contributed by atoms with Gasteiger partial charge in [0, 0.05) is 25.1 Å². The number of nitrogens with one attached hydrogen (secondary N) is 1. The molecule has 1 amide bonds. The zero-order valence-corrected chi connectivity index (χ0v) is 9.90. The van der Waals surface area contributed by atoms with E-state index in [1.54, 1.807) is 11.1 Å². The Labute approximate surface area is 98.8 Å². The van der Waals surface area contributed by atoms with Crippen LogP contribution in [0.3, 0.4) is 0 Å². The minimum absolute atomic E-state index is 0.112. The summed E-state index contributed by atoms with van der Waals surface area (Å²) in [5.41, 5.74) is 1.89. The van der Waals surface area contributed by atoms with Gasteiger partial charge in [-0.1, -0.05) is 0 Å². The monoisotopic (exact) mass is 230 g/mol. The summed E-state index contributed by atoms with van der Waals surface area (Å²) in [6.45, 7) is 4.01. The van der Waals surface area contributed by atoms with Gasteiger partial charge in [0.25, 0.3) is 0 Å². The van der Waals surface area contributed by atoms with Gasteiger partial charge in [-0.05, 0) is 19.9 Å². The van der Waals surface area contributed by atoms with Crippen LogP contribution >= 0.6 is 0 Å². The third-order valence-corrected chi connectivity index (χ3v) is 3.12. The van der Waals surface area contributed by atoms with Crippen LogP contribution in [-0.2, 0) is 11.2 Å². The topological polar surface area (TPSA) is 61.9 Å². The van der Waals surface area contributed by atoms with E-state index in [-0.39, 0.29) is 11.9 Å². The second-order valence-electron chi connectivity index (χ2n) is 4.58. The van der Waals surface area contributed by atoms with Crippen LogP contribution in [0.25, 0.3) is 10.9 Å². The Kier molecular flexibility index (Phi) is 2.14. The summed E-state index contributed by atoms with van der Waals surface area (Å²) in [6, 6.07) is 2.00. The SMILES string of the molecule is CC(C)N1C(=O)CCc2n[nH]c3ccnc1c23. The van der Waals surface area contributed by atoms with Gasteiger partial charge in [0.05, 0.1) is 16.6 Å². The summed E-state index contributed by atoms with van der Waals surface area (Å²) in [6.07, 6.45) is 2.89. The largest absolute Gasteiger partial charge is 0.294 e. The van der Waals surface area contributed by atoms with E-state index >= 15 is 0 Å². The number of aromatic amines is 1. The number of hydrogen-bond acceptors (Lipinski definition) is 3. The number of aryl methyl sites for hydroxylation is 1. The highest BCUT2D eigenvalue weighted by Crippen LogP contribution is 2.31. The van der Waals surface area contributed by atoms with Crippen molar-refractivity contribution in [3.05, 3.63) is 18.0 Å². The molecule has 17 heavy (non-hydrogen) atoms. The molecule has 0 saturated carbocycles. The lowest BCUT2D eigenvalue weighted by atomic mass is 10.2.